The molecule has 1 aliphatic heterocycles. The van der Waals surface area contributed by atoms with Crippen LogP contribution in [0.15, 0.2) is 36.5 Å². The highest BCUT2D eigenvalue weighted by Crippen LogP contribution is 2.33. The van der Waals surface area contributed by atoms with Crippen LogP contribution >= 0.6 is 23.2 Å². The number of benzene rings is 1. The molecule has 3 rings (SSSR count). The van der Waals surface area contributed by atoms with Crippen molar-refractivity contribution in [1.82, 2.24) is 9.88 Å². The maximum absolute atomic E-state index is 13.5. The number of carbonyl (C=O) groups excluding carboxylic acids is 1. The maximum Gasteiger partial charge on any atom is 0.322 e. The summed E-state index contributed by atoms with van der Waals surface area (Å²) in [6, 6.07) is 7.00. The Kier molecular flexibility index (Phi) is 5.80. The number of alkyl halides is 1. The Bertz CT molecular complexity index is 808. The molecule has 0 spiro atoms. The number of urea groups is 1. The van der Waals surface area contributed by atoms with Gasteiger partial charge in [0.2, 0.25) is 5.88 Å². The summed E-state index contributed by atoms with van der Waals surface area (Å²) < 4.78 is 19.2. The molecule has 2 heterocycles. The first-order chi connectivity index (χ1) is 12.4. The number of nitrogens with zero attached hydrogens (tertiary/aromatic N) is 2. The summed E-state index contributed by atoms with van der Waals surface area (Å²) in [6.07, 6.45) is 0.647. The van der Waals surface area contributed by atoms with Crippen LogP contribution in [-0.4, -0.2) is 41.2 Å². The van der Waals surface area contributed by atoms with E-state index >= 15 is 0 Å². The van der Waals surface area contributed by atoms with E-state index in [0.717, 1.165) is 0 Å². The number of nitrogens with two attached hydrogens (primary N) is 1. The highest BCUT2D eigenvalue weighted by atomic mass is 35.5. The molecule has 2 aromatic rings. The van der Waals surface area contributed by atoms with Gasteiger partial charge in [-0.25, -0.2) is 14.2 Å². The number of likely N-dealkylation sites (tertiary alicyclic amines) is 1. The first kappa shape index (κ1) is 18.7. The second kappa shape index (κ2) is 8.07. The summed E-state index contributed by atoms with van der Waals surface area (Å²) in [4.78, 5) is 18.0. The SMILES string of the molecule is N[C@@H]1CN(C(=O)Nc2cccnc2Oc2ccc(Cl)cc2Cl)CC[C@H]1F. The fourth-order valence-corrected chi connectivity index (χ4v) is 3.01. The second-order valence-corrected chi connectivity index (χ2v) is 6.72. The van der Waals surface area contributed by atoms with Gasteiger partial charge < -0.3 is 20.7 Å². The summed E-state index contributed by atoms with van der Waals surface area (Å²) in [5.41, 5.74) is 6.06. The molecule has 26 heavy (non-hydrogen) atoms. The van der Waals surface area contributed by atoms with Crippen molar-refractivity contribution in [2.75, 3.05) is 18.4 Å². The van der Waals surface area contributed by atoms with Crippen molar-refractivity contribution in [3.05, 3.63) is 46.6 Å². The van der Waals surface area contributed by atoms with Crippen LogP contribution < -0.4 is 15.8 Å². The number of halogens is 3. The molecule has 9 heteroatoms. The van der Waals surface area contributed by atoms with Gasteiger partial charge in [-0.05, 0) is 36.8 Å². The monoisotopic (exact) mass is 398 g/mol. The zero-order chi connectivity index (χ0) is 18.7. The molecule has 0 unspecified atom stereocenters. The number of piperidine rings is 1. The summed E-state index contributed by atoms with van der Waals surface area (Å²) in [7, 11) is 0. The van der Waals surface area contributed by atoms with E-state index in [4.69, 9.17) is 33.7 Å². The smallest absolute Gasteiger partial charge is 0.322 e. The average molecular weight is 399 g/mol. The van der Waals surface area contributed by atoms with Crippen molar-refractivity contribution in [3.8, 4) is 11.6 Å². The zero-order valence-corrected chi connectivity index (χ0v) is 15.2. The molecule has 1 aromatic carbocycles. The van der Waals surface area contributed by atoms with E-state index in [2.05, 4.69) is 10.3 Å². The van der Waals surface area contributed by atoms with Gasteiger partial charge in [-0.15, -0.1) is 0 Å². The normalized spacial score (nSPS) is 19.9. The molecule has 2 atom stereocenters. The quantitative estimate of drug-likeness (QED) is 0.815. The van der Waals surface area contributed by atoms with E-state index < -0.39 is 18.2 Å². The molecule has 1 saturated heterocycles. The molecule has 0 saturated carbocycles. The first-order valence-corrected chi connectivity index (χ1v) is 8.73. The third-order valence-electron chi connectivity index (χ3n) is 3.97. The van der Waals surface area contributed by atoms with E-state index in [9.17, 15) is 9.18 Å². The van der Waals surface area contributed by atoms with Crippen LogP contribution in [0.1, 0.15) is 6.42 Å². The molecule has 138 valence electrons. The van der Waals surface area contributed by atoms with Crippen molar-refractivity contribution >= 4 is 34.9 Å². The Morgan fingerprint density at radius 2 is 2.19 bits per heavy atom. The number of rotatable bonds is 3. The number of carbonyl (C=O) groups is 1. The van der Waals surface area contributed by atoms with Gasteiger partial charge in [0.05, 0.1) is 11.1 Å². The number of amides is 2. The number of nitrogens with one attached hydrogen (secondary N) is 1. The lowest BCUT2D eigenvalue weighted by atomic mass is 10.1. The highest BCUT2D eigenvalue weighted by Gasteiger charge is 2.29. The van der Waals surface area contributed by atoms with Gasteiger partial charge in [-0.2, -0.15) is 0 Å². The fourth-order valence-electron chi connectivity index (χ4n) is 2.56. The van der Waals surface area contributed by atoms with Gasteiger partial charge in [0, 0.05) is 24.3 Å². The van der Waals surface area contributed by atoms with Gasteiger partial charge in [-0.1, -0.05) is 23.2 Å². The largest absolute Gasteiger partial charge is 0.435 e. The topological polar surface area (TPSA) is 80.5 Å². The maximum atomic E-state index is 13.5. The minimum absolute atomic E-state index is 0.145. The van der Waals surface area contributed by atoms with Gasteiger partial charge >= 0.3 is 6.03 Å². The minimum Gasteiger partial charge on any atom is -0.435 e. The zero-order valence-electron chi connectivity index (χ0n) is 13.7. The minimum atomic E-state index is -1.09. The standard InChI is InChI=1S/C17H17Cl2FN4O2/c18-10-3-4-15(11(19)8-10)26-16-14(2-1-6-22-16)23-17(25)24-7-5-12(20)13(21)9-24/h1-4,6,8,12-13H,5,7,9,21H2,(H,23,25)/t12-,13-/m1/s1. The highest BCUT2D eigenvalue weighted by molar-refractivity contribution is 6.35. The van der Waals surface area contributed by atoms with Crippen molar-refractivity contribution in [2.45, 2.75) is 18.6 Å². The van der Waals surface area contributed by atoms with Crippen molar-refractivity contribution in [2.24, 2.45) is 5.73 Å². The molecule has 6 nitrogen and oxygen atoms in total. The number of hydrogen-bond donors (Lipinski definition) is 2. The Morgan fingerprint density at radius 3 is 2.92 bits per heavy atom. The third kappa shape index (κ3) is 4.35. The van der Waals surface area contributed by atoms with Crippen LogP contribution in [0.4, 0.5) is 14.9 Å². The van der Waals surface area contributed by atoms with Crippen molar-refractivity contribution in [3.63, 3.8) is 0 Å². The van der Waals surface area contributed by atoms with E-state index in [-0.39, 0.29) is 18.8 Å². The Hall–Kier alpha value is -2.09. The van der Waals surface area contributed by atoms with E-state index in [1.807, 2.05) is 0 Å². The van der Waals surface area contributed by atoms with E-state index in [1.165, 1.54) is 11.1 Å². The molecule has 1 aromatic heterocycles. The van der Waals surface area contributed by atoms with Crippen LogP contribution in [0.25, 0.3) is 0 Å². The van der Waals surface area contributed by atoms with Gasteiger partial charge in [0.1, 0.15) is 17.6 Å². The molecule has 2 amide bonds. The third-order valence-corrected chi connectivity index (χ3v) is 4.50. The van der Waals surface area contributed by atoms with Gasteiger partial charge in [0.25, 0.3) is 0 Å². The molecule has 3 N–H and O–H groups in total. The van der Waals surface area contributed by atoms with Crippen LogP contribution in [0.2, 0.25) is 10.0 Å². The fraction of sp³-hybridized carbons (Fsp3) is 0.294. The lowest BCUT2D eigenvalue weighted by Gasteiger charge is -2.33. The molecule has 0 radical (unpaired) electrons. The lowest BCUT2D eigenvalue weighted by molar-refractivity contribution is 0.143. The Labute approximate surface area is 160 Å². The number of anilines is 1. The Balaban J connectivity index is 1.74. The number of hydrogen-bond acceptors (Lipinski definition) is 4. The van der Waals surface area contributed by atoms with Crippen molar-refractivity contribution in [1.29, 1.82) is 0 Å². The summed E-state index contributed by atoms with van der Waals surface area (Å²) >= 11 is 12.0. The number of pyridine rings is 1. The van der Waals surface area contributed by atoms with Crippen molar-refractivity contribution < 1.29 is 13.9 Å². The van der Waals surface area contributed by atoms with Crippen LogP contribution in [0.5, 0.6) is 11.6 Å². The molecular formula is C17H17Cl2FN4O2. The Morgan fingerprint density at radius 1 is 1.38 bits per heavy atom. The average Bonchev–Trinajstić information content (AvgIpc) is 2.61. The molecular weight excluding hydrogens is 382 g/mol. The van der Waals surface area contributed by atoms with E-state index in [0.29, 0.717) is 28.0 Å². The first-order valence-electron chi connectivity index (χ1n) is 7.97. The van der Waals surface area contributed by atoms with Crippen LogP contribution in [0.3, 0.4) is 0 Å². The molecule has 0 bridgehead atoms. The summed E-state index contributed by atoms with van der Waals surface area (Å²) in [5.74, 6) is 0.528. The summed E-state index contributed by atoms with van der Waals surface area (Å²) in [5, 5.41) is 3.51. The number of ether oxygens (including phenoxy) is 1. The van der Waals surface area contributed by atoms with Gasteiger partial charge in [0.15, 0.2) is 0 Å². The molecule has 1 aliphatic rings. The summed E-state index contributed by atoms with van der Waals surface area (Å²) in [6.45, 7) is 0.437. The number of aromatic nitrogens is 1. The lowest BCUT2D eigenvalue weighted by Crippen LogP contribution is -2.52. The molecule has 0 aliphatic carbocycles. The predicted octanol–water partition coefficient (Wildman–Crippen LogP) is 4.08. The second-order valence-electron chi connectivity index (χ2n) is 5.88. The van der Waals surface area contributed by atoms with Crippen LogP contribution in [0, 0.1) is 0 Å². The van der Waals surface area contributed by atoms with Gasteiger partial charge in [-0.3, -0.25) is 0 Å². The predicted molar refractivity (Wildman–Crippen MR) is 98.9 cm³/mol. The molecule has 1 fully saturated rings. The van der Waals surface area contributed by atoms with Crippen LogP contribution in [-0.2, 0) is 0 Å². The van der Waals surface area contributed by atoms with E-state index in [1.54, 1.807) is 30.3 Å².